The second-order valence-corrected chi connectivity index (χ2v) is 6.84. The van der Waals surface area contributed by atoms with Crippen LogP contribution in [0, 0.1) is 0 Å². The molecule has 1 N–H and O–H groups in total. The number of aromatic hydroxyl groups is 1. The van der Waals surface area contributed by atoms with Crippen molar-refractivity contribution in [2.24, 2.45) is 0 Å². The minimum absolute atomic E-state index is 0.00181. The number of ether oxygens (including phenoxy) is 3. The van der Waals surface area contributed by atoms with Gasteiger partial charge in [0.15, 0.2) is 5.56 Å². The molecule has 0 saturated heterocycles. The van der Waals surface area contributed by atoms with Gasteiger partial charge in [-0.3, -0.25) is 13.9 Å². The van der Waals surface area contributed by atoms with E-state index in [2.05, 4.69) is 0 Å². The van der Waals surface area contributed by atoms with Crippen molar-refractivity contribution in [3.8, 4) is 17.4 Å². The van der Waals surface area contributed by atoms with Crippen molar-refractivity contribution in [2.75, 3.05) is 20.8 Å². The van der Waals surface area contributed by atoms with Gasteiger partial charge < -0.3 is 19.3 Å². The average molecular weight is 440 g/mol. The van der Waals surface area contributed by atoms with Crippen LogP contribution in [0.25, 0.3) is 0 Å². The van der Waals surface area contributed by atoms with Crippen molar-refractivity contribution in [2.45, 2.75) is 20.0 Å². The number of hydrogen-bond acceptors (Lipinski definition) is 7. The lowest BCUT2D eigenvalue weighted by atomic mass is 10.1. The molecule has 0 aliphatic heterocycles. The molecule has 3 aromatic rings. The Labute approximate surface area is 184 Å². The zero-order chi connectivity index (χ0) is 23.3. The van der Waals surface area contributed by atoms with E-state index in [-0.39, 0.29) is 19.7 Å². The van der Waals surface area contributed by atoms with E-state index in [0.29, 0.717) is 22.6 Å². The van der Waals surface area contributed by atoms with Gasteiger partial charge in [0, 0.05) is 11.6 Å². The smallest absolute Gasteiger partial charge is 0.349 e. The Kier molecular flexibility index (Phi) is 6.99. The maximum absolute atomic E-state index is 13.2. The highest BCUT2D eigenvalue weighted by molar-refractivity contribution is 5.91. The Balaban J connectivity index is 2.20. The van der Waals surface area contributed by atoms with E-state index in [1.807, 2.05) is 0 Å². The number of carbonyl (C=O) groups excluding carboxylic acids is 1. The Morgan fingerprint density at radius 2 is 1.69 bits per heavy atom. The second-order valence-electron chi connectivity index (χ2n) is 6.84. The standard InChI is InChI=1S/C23H24N2O7/c1-4-32-22(28)19-20(26)24(13-15-8-6-5-7-9-15)23(29)25(21(19)27)14-16-10-11-17(30-2)12-18(16)31-3/h5-12,27H,4,13-14H2,1-3H3. The number of benzene rings is 2. The van der Waals surface area contributed by atoms with Gasteiger partial charge in [-0.15, -0.1) is 0 Å². The summed E-state index contributed by atoms with van der Waals surface area (Å²) < 4.78 is 17.3. The van der Waals surface area contributed by atoms with Gasteiger partial charge in [0.05, 0.1) is 33.9 Å². The highest BCUT2D eigenvalue weighted by Gasteiger charge is 2.26. The van der Waals surface area contributed by atoms with Gasteiger partial charge in [-0.05, 0) is 24.6 Å². The second kappa shape index (κ2) is 9.86. The minimum Gasteiger partial charge on any atom is -0.497 e. The molecule has 0 atom stereocenters. The molecule has 1 aromatic heterocycles. The summed E-state index contributed by atoms with van der Waals surface area (Å²) >= 11 is 0. The van der Waals surface area contributed by atoms with E-state index in [4.69, 9.17) is 14.2 Å². The monoisotopic (exact) mass is 440 g/mol. The fourth-order valence-corrected chi connectivity index (χ4v) is 3.27. The minimum atomic E-state index is -1.01. The fourth-order valence-electron chi connectivity index (χ4n) is 3.27. The van der Waals surface area contributed by atoms with Crippen LogP contribution in [-0.4, -0.2) is 41.0 Å². The first-order chi connectivity index (χ1) is 15.4. The summed E-state index contributed by atoms with van der Waals surface area (Å²) in [6.07, 6.45) is 0. The molecule has 0 radical (unpaired) electrons. The molecule has 0 amide bonds. The molecule has 0 unspecified atom stereocenters. The number of aromatic nitrogens is 2. The molecule has 0 saturated carbocycles. The van der Waals surface area contributed by atoms with Crippen LogP contribution < -0.4 is 20.7 Å². The third-order valence-corrected chi connectivity index (χ3v) is 4.89. The number of hydrogen-bond donors (Lipinski definition) is 1. The van der Waals surface area contributed by atoms with Gasteiger partial charge >= 0.3 is 11.7 Å². The molecule has 0 spiro atoms. The molecule has 0 aliphatic rings. The summed E-state index contributed by atoms with van der Waals surface area (Å²) in [5.74, 6) is -0.814. The van der Waals surface area contributed by atoms with E-state index < -0.39 is 28.7 Å². The zero-order valence-corrected chi connectivity index (χ0v) is 18.0. The predicted octanol–water partition coefficient (Wildman–Crippen LogP) is 2.01. The van der Waals surface area contributed by atoms with Gasteiger partial charge in [0.25, 0.3) is 5.56 Å². The van der Waals surface area contributed by atoms with Gasteiger partial charge in [-0.2, -0.15) is 0 Å². The number of rotatable bonds is 8. The maximum atomic E-state index is 13.2. The van der Waals surface area contributed by atoms with Crippen LogP contribution >= 0.6 is 0 Å². The molecule has 3 rings (SSSR count). The van der Waals surface area contributed by atoms with Crippen molar-refractivity contribution in [3.05, 3.63) is 86.1 Å². The van der Waals surface area contributed by atoms with E-state index in [1.54, 1.807) is 55.5 Å². The molecular weight excluding hydrogens is 416 g/mol. The quantitative estimate of drug-likeness (QED) is 0.534. The van der Waals surface area contributed by atoms with Crippen LogP contribution in [0.5, 0.6) is 17.4 Å². The first-order valence-electron chi connectivity index (χ1n) is 9.89. The molecule has 168 valence electrons. The van der Waals surface area contributed by atoms with Crippen molar-refractivity contribution in [1.82, 2.24) is 9.13 Å². The van der Waals surface area contributed by atoms with Crippen LogP contribution in [-0.2, 0) is 17.8 Å². The molecule has 0 bridgehead atoms. The van der Waals surface area contributed by atoms with Crippen LogP contribution in [0.2, 0.25) is 0 Å². The first kappa shape index (κ1) is 22.7. The molecule has 0 aliphatic carbocycles. The summed E-state index contributed by atoms with van der Waals surface area (Å²) in [4.78, 5) is 38.7. The average Bonchev–Trinajstić information content (AvgIpc) is 2.80. The topological polar surface area (TPSA) is 109 Å². The molecule has 9 heteroatoms. The molecule has 2 aromatic carbocycles. The van der Waals surface area contributed by atoms with Gasteiger partial charge in [-0.1, -0.05) is 30.3 Å². The summed E-state index contributed by atoms with van der Waals surface area (Å²) in [6.45, 7) is 1.35. The first-order valence-corrected chi connectivity index (χ1v) is 9.89. The normalized spacial score (nSPS) is 10.6. The van der Waals surface area contributed by atoms with E-state index >= 15 is 0 Å². The maximum Gasteiger partial charge on any atom is 0.349 e. The number of esters is 1. The van der Waals surface area contributed by atoms with Crippen molar-refractivity contribution in [3.63, 3.8) is 0 Å². The summed E-state index contributed by atoms with van der Waals surface area (Å²) in [5, 5.41) is 10.7. The third kappa shape index (κ3) is 4.51. The molecule has 1 heterocycles. The molecule has 32 heavy (non-hydrogen) atoms. The van der Waals surface area contributed by atoms with Gasteiger partial charge in [-0.25, -0.2) is 9.59 Å². The SMILES string of the molecule is CCOC(=O)c1c(O)n(Cc2ccc(OC)cc2OC)c(=O)n(Cc2ccccc2)c1=O. The Bertz CT molecular complexity index is 1230. The molecular formula is C23H24N2O7. The fraction of sp³-hybridized carbons (Fsp3) is 0.261. The van der Waals surface area contributed by atoms with Crippen LogP contribution in [0.15, 0.2) is 58.1 Å². The lowest BCUT2D eigenvalue weighted by Gasteiger charge is -2.17. The number of carbonyl (C=O) groups is 1. The van der Waals surface area contributed by atoms with Crippen molar-refractivity contribution < 1.29 is 24.1 Å². The number of methoxy groups -OCH3 is 2. The Hall–Kier alpha value is -4.01. The Morgan fingerprint density at radius 3 is 2.31 bits per heavy atom. The van der Waals surface area contributed by atoms with Crippen LogP contribution in [0.1, 0.15) is 28.4 Å². The summed E-state index contributed by atoms with van der Waals surface area (Å²) in [5.41, 5.74) is -1.09. The lowest BCUT2D eigenvalue weighted by Crippen LogP contribution is -2.43. The van der Waals surface area contributed by atoms with Crippen molar-refractivity contribution >= 4 is 5.97 Å². The highest BCUT2D eigenvalue weighted by atomic mass is 16.5. The van der Waals surface area contributed by atoms with Gasteiger partial charge in [0.2, 0.25) is 5.88 Å². The predicted molar refractivity (Wildman–Crippen MR) is 117 cm³/mol. The molecule has 9 nitrogen and oxygen atoms in total. The van der Waals surface area contributed by atoms with E-state index in [9.17, 15) is 19.5 Å². The van der Waals surface area contributed by atoms with Crippen molar-refractivity contribution in [1.29, 1.82) is 0 Å². The summed E-state index contributed by atoms with van der Waals surface area (Å²) in [6, 6.07) is 13.8. The third-order valence-electron chi connectivity index (χ3n) is 4.89. The number of nitrogens with zero attached hydrogens (tertiary/aromatic N) is 2. The Morgan fingerprint density at radius 1 is 0.969 bits per heavy atom. The van der Waals surface area contributed by atoms with E-state index in [1.165, 1.54) is 14.2 Å². The largest absolute Gasteiger partial charge is 0.497 e. The summed E-state index contributed by atoms with van der Waals surface area (Å²) in [7, 11) is 2.97. The van der Waals surface area contributed by atoms with Crippen LogP contribution in [0.3, 0.4) is 0 Å². The van der Waals surface area contributed by atoms with Gasteiger partial charge in [0.1, 0.15) is 11.5 Å². The zero-order valence-electron chi connectivity index (χ0n) is 18.0. The lowest BCUT2D eigenvalue weighted by molar-refractivity contribution is 0.0517. The molecule has 0 fully saturated rings. The van der Waals surface area contributed by atoms with Crippen LogP contribution in [0.4, 0.5) is 0 Å². The highest BCUT2D eigenvalue weighted by Crippen LogP contribution is 2.26. The van der Waals surface area contributed by atoms with E-state index in [0.717, 1.165) is 9.13 Å².